The molecule has 0 radical (unpaired) electrons. The van der Waals surface area contributed by atoms with Crippen LogP contribution in [0.5, 0.6) is 0 Å². The molecule has 0 saturated carbocycles. The van der Waals surface area contributed by atoms with Crippen molar-refractivity contribution < 1.29 is 4.79 Å². The average Bonchev–Trinajstić information content (AvgIpc) is 2.79. The molecule has 2 rings (SSSR count). The van der Waals surface area contributed by atoms with Crippen LogP contribution >= 0.6 is 22.9 Å². The quantitative estimate of drug-likeness (QED) is 0.802. The van der Waals surface area contributed by atoms with Crippen molar-refractivity contribution >= 4 is 39.1 Å². The minimum Gasteiger partial charge on any atom is -0.336 e. The summed E-state index contributed by atoms with van der Waals surface area (Å²) in [5.41, 5.74) is 0.978. The van der Waals surface area contributed by atoms with E-state index in [4.69, 9.17) is 11.6 Å². The molecule has 1 atom stereocenters. The van der Waals surface area contributed by atoms with Crippen molar-refractivity contribution in [1.29, 1.82) is 0 Å². The molecule has 0 N–H and O–H groups in total. The number of thiazole rings is 1. The molecule has 0 aliphatic heterocycles. The van der Waals surface area contributed by atoms with Crippen LogP contribution in [0, 0.1) is 0 Å². The molecule has 1 aromatic carbocycles. The number of alkyl halides is 1. The molecule has 0 aliphatic rings. The molecule has 0 bridgehead atoms. The van der Waals surface area contributed by atoms with E-state index in [1.807, 2.05) is 31.2 Å². The van der Waals surface area contributed by atoms with Gasteiger partial charge in [0.1, 0.15) is 10.9 Å². The molecule has 0 fully saturated rings. The number of carbonyl (C=O) groups is 1. The highest BCUT2D eigenvalue weighted by molar-refractivity contribution is 7.18. The molecule has 2 aromatic rings. The van der Waals surface area contributed by atoms with E-state index in [0.29, 0.717) is 0 Å². The Morgan fingerprint density at radius 3 is 2.88 bits per heavy atom. The summed E-state index contributed by atoms with van der Waals surface area (Å²) in [4.78, 5) is 17.7. The van der Waals surface area contributed by atoms with Crippen molar-refractivity contribution in [2.75, 3.05) is 12.9 Å². The smallest absolute Gasteiger partial charge is 0.237 e. The zero-order valence-electron chi connectivity index (χ0n) is 9.68. The van der Waals surface area contributed by atoms with Gasteiger partial charge in [-0.05, 0) is 19.1 Å². The van der Waals surface area contributed by atoms with Gasteiger partial charge in [-0.15, -0.1) is 22.9 Å². The Morgan fingerprint density at radius 1 is 1.53 bits per heavy atom. The minimum absolute atomic E-state index is 0.00569. The maximum Gasteiger partial charge on any atom is 0.237 e. The predicted molar refractivity (Wildman–Crippen MR) is 71.5 cm³/mol. The van der Waals surface area contributed by atoms with Crippen molar-refractivity contribution in [3.63, 3.8) is 0 Å². The zero-order valence-corrected chi connectivity index (χ0v) is 11.3. The summed E-state index contributed by atoms with van der Waals surface area (Å²) in [5, 5.41) is 0.937. The average molecular weight is 269 g/mol. The maximum atomic E-state index is 11.5. The molecular weight excluding hydrogens is 256 g/mol. The number of halogens is 1. The van der Waals surface area contributed by atoms with Gasteiger partial charge in [0.05, 0.1) is 16.3 Å². The van der Waals surface area contributed by atoms with Crippen LogP contribution < -0.4 is 0 Å². The number of para-hydroxylation sites is 1. The van der Waals surface area contributed by atoms with Crippen LogP contribution in [0.3, 0.4) is 0 Å². The number of rotatable bonds is 3. The van der Waals surface area contributed by atoms with Crippen LogP contribution in [0.1, 0.15) is 18.0 Å². The number of hydrogen-bond acceptors (Lipinski definition) is 3. The molecule has 0 unspecified atom stereocenters. The topological polar surface area (TPSA) is 33.2 Å². The van der Waals surface area contributed by atoms with E-state index in [0.717, 1.165) is 15.2 Å². The lowest BCUT2D eigenvalue weighted by Crippen LogP contribution is -2.30. The van der Waals surface area contributed by atoms with E-state index in [1.165, 1.54) is 0 Å². The molecule has 0 aliphatic carbocycles. The van der Waals surface area contributed by atoms with Crippen molar-refractivity contribution in [1.82, 2.24) is 9.88 Å². The second kappa shape index (κ2) is 5.02. The van der Waals surface area contributed by atoms with Gasteiger partial charge in [-0.2, -0.15) is 0 Å². The van der Waals surface area contributed by atoms with Crippen LogP contribution in [-0.4, -0.2) is 28.7 Å². The van der Waals surface area contributed by atoms with E-state index < -0.39 is 0 Å². The number of hydrogen-bond donors (Lipinski definition) is 0. The number of amides is 1. The lowest BCUT2D eigenvalue weighted by atomic mass is 10.3. The SMILES string of the molecule is C[C@H](c1nc2ccccc2s1)N(C)C(=O)CCl. The lowest BCUT2D eigenvalue weighted by molar-refractivity contribution is -0.129. The Morgan fingerprint density at radius 2 is 2.24 bits per heavy atom. The van der Waals surface area contributed by atoms with Gasteiger partial charge in [-0.3, -0.25) is 4.79 Å². The lowest BCUT2D eigenvalue weighted by Gasteiger charge is -2.22. The summed E-state index contributed by atoms with van der Waals surface area (Å²) in [6, 6.07) is 7.92. The first-order valence-electron chi connectivity index (χ1n) is 5.30. The van der Waals surface area contributed by atoms with E-state index in [2.05, 4.69) is 4.98 Å². The van der Waals surface area contributed by atoms with E-state index in [-0.39, 0.29) is 17.8 Å². The highest BCUT2D eigenvalue weighted by Crippen LogP contribution is 2.28. The molecule has 3 nitrogen and oxygen atoms in total. The fourth-order valence-corrected chi connectivity index (χ4v) is 2.80. The summed E-state index contributed by atoms with van der Waals surface area (Å²) < 4.78 is 1.14. The van der Waals surface area contributed by atoms with E-state index in [1.54, 1.807) is 23.3 Å². The fourth-order valence-electron chi connectivity index (χ4n) is 1.54. The summed E-state index contributed by atoms with van der Waals surface area (Å²) in [6.07, 6.45) is 0. The number of benzene rings is 1. The van der Waals surface area contributed by atoms with Crippen LogP contribution in [0.25, 0.3) is 10.2 Å². The Bertz CT molecular complexity index is 507. The monoisotopic (exact) mass is 268 g/mol. The normalized spacial score (nSPS) is 12.6. The molecule has 17 heavy (non-hydrogen) atoms. The summed E-state index contributed by atoms with van der Waals surface area (Å²) in [5.74, 6) is -0.0791. The maximum absolute atomic E-state index is 11.5. The van der Waals surface area contributed by atoms with Crippen LogP contribution in [0.15, 0.2) is 24.3 Å². The van der Waals surface area contributed by atoms with Gasteiger partial charge in [-0.1, -0.05) is 12.1 Å². The van der Waals surface area contributed by atoms with Gasteiger partial charge >= 0.3 is 0 Å². The number of nitrogens with zero attached hydrogens (tertiary/aromatic N) is 2. The number of fused-ring (bicyclic) bond motifs is 1. The summed E-state index contributed by atoms with van der Waals surface area (Å²) in [7, 11) is 1.75. The second-order valence-corrected chi connectivity index (χ2v) is 5.16. The van der Waals surface area contributed by atoms with Crippen molar-refractivity contribution in [3.05, 3.63) is 29.3 Å². The predicted octanol–water partition coefficient (Wildman–Crippen LogP) is 3.05. The summed E-state index contributed by atoms with van der Waals surface area (Å²) >= 11 is 7.16. The van der Waals surface area contributed by atoms with Crippen LogP contribution in [-0.2, 0) is 4.79 Å². The fraction of sp³-hybridized carbons (Fsp3) is 0.333. The molecule has 0 spiro atoms. The van der Waals surface area contributed by atoms with Gasteiger partial charge in [-0.25, -0.2) is 4.98 Å². The van der Waals surface area contributed by atoms with Crippen LogP contribution in [0.4, 0.5) is 0 Å². The Labute approximate surface area is 109 Å². The molecule has 90 valence electrons. The van der Waals surface area contributed by atoms with Crippen LogP contribution in [0.2, 0.25) is 0 Å². The van der Waals surface area contributed by atoms with Crippen molar-refractivity contribution in [2.45, 2.75) is 13.0 Å². The van der Waals surface area contributed by atoms with Crippen molar-refractivity contribution in [2.24, 2.45) is 0 Å². The Hall–Kier alpha value is -1.13. The number of aromatic nitrogens is 1. The standard InChI is InChI=1S/C12H13ClN2OS/c1-8(15(2)11(16)7-13)12-14-9-5-3-4-6-10(9)17-12/h3-6,8H,7H2,1-2H3/t8-/m1/s1. The van der Waals surface area contributed by atoms with E-state index >= 15 is 0 Å². The first-order chi connectivity index (χ1) is 8.13. The molecule has 1 aromatic heterocycles. The third-order valence-corrected chi connectivity index (χ3v) is 4.19. The van der Waals surface area contributed by atoms with Gasteiger partial charge in [0.25, 0.3) is 0 Å². The first kappa shape index (κ1) is 12.3. The van der Waals surface area contributed by atoms with Gasteiger partial charge in [0.15, 0.2) is 0 Å². The summed E-state index contributed by atoms with van der Waals surface area (Å²) in [6.45, 7) is 1.96. The molecule has 1 heterocycles. The van der Waals surface area contributed by atoms with Gasteiger partial charge in [0.2, 0.25) is 5.91 Å². The third kappa shape index (κ3) is 2.42. The molecule has 5 heteroatoms. The van der Waals surface area contributed by atoms with Gasteiger partial charge in [0, 0.05) is 7.05 Å². The largest absolute Gasteiger partial charge is 0.336 e. The molecule has 1 amide bonds. The Balaban J connectivity index is 2.30. The zero-order chi connectivity index (χ0) is 12.4. The Kier molecular flexibility index (Phi) is 3.64. The highest BCUT2D eigenvalue weighted by atomic mass is 35.5. The third-order valence-electron chi connectivity index (χ3n) is 2.76. The molecule has 0 saturated heterocycles. The number of carbonyl (C=O) groups excluding carboxylic acids is 1. The van der Waals surface area contributed by atoms with Crippen molar-refractivity contribution in [3.8, 4) is 0 Å². The van der Waals surface area contributed by atoms with Gasteiger partial charge < -0.3 is 4.90 Å². The minimum atomic E-state index is -0.0848. The first-order valence-corrected chi connectivity index (χ1v) is 6.65. The van der Waals surface area contributed by atoms with E-state index in [9.17, 15) is 4.79 Å². The highest BCUT2D eigenvalue weighted by Gasteiger charge is 2.19. The second-order valence-electron chi connectivity index (χ2n) is 3.83. The molecular formula is C12H13ClN2OS.